The Morgan fingerprint density at radius 1 is 1.67 bits per heavy atom. The summed E-state index contributed by atoms with van der Waals surface area (Å²) in [6, 6.07) is 0. The highest BCUT2D eigenvalue weighted by atomic mass is 32.1. The van der Waals surface area contributed by atoms with Gasteiger partial charge in [0.05, 0.1) is 6.61 Å². The van der Waals surface area contributed by atoms with Gasteiger partial charge in [-0.05, 0) is 25.2 Å². The molecule has 0 spiro atoms. The molecule has 0 amide bonds. The number of hydrogen-bond donors (Lipinski definition) is 2. The van der Waals surface area contributed by atoms with Gasteiger partial charge in [-0.15, -0.1) is 0 Å². The molecule has 0 aliphatic heterocycles. The fraction of sp³-hybridized carbons (Fsp3) is 1.00. The van der Waals surface area contributed by atoms with Crippen LogP contribution in [-0.4, -0.2) is 18.3 Å². The molecular formula is C6H14O2S. The lowest BCUT2D eigenvalue weighted by atomic mass is 10.1. The minimum absolute atomic E-state index is 0.258. The Labute approximate surface area is 61.8 Å². The van der Waals surface area contributed by atoms with E-state index in [0.29, 0.717) is 12.5 Å². The van der Waals surface area contributed by atoms with Crippen LogP contribution in [0, 0.1) is 5.92 Å². The van der Waals surface area contributed by atoms with Crippen LogP contribution in [0.5, 0.6) is 0 Å². The topological polar surface area (TPSA) is 29.5 Å². The summed E-state index contributed by atoms with van der Waals surface area (Å²) in [5, 5.41) is 8.67. The van der Waals surface area contributed by atoms with Gasteiger partial charge in [0.1, 0.15) is 0 Å². The van der Waals surface area contributed by atoms with E-state index in [1.54, 1.807) is 0 Å². The predicted octanol–water partition coefficient (Wildman–Crippen LogP) is 1.26. The first-order valence-electron chi connectivity index (χ1n) is 3.22. The maximum absolute atomic E-state index is 8.67. The zero-order valence-corrected chi connectivity index (χ0v) is 6.60. The molecule has 3 heteroatoms. The summed E-state index contributed by atoms with van der Waals surface area (Å²) in [6.45, 7) is 2.94. The average molecular weight is 150 g/mol. The zero-order valence-electron chi connectivity index (χ0n) is 5.71. The predicted molar refractivity (Wildman–Crippen MR) is 40.4 cm³/mol. The van der Waals surface area contributed by atoms with Crippen molar-refractivity contribution in [2.75, 3.05) is 13.2 Å². The molecule has 0 bridgehead atoms. The standard InChI is InChI=1S/C6H14O2S/c1-2-6(5-7)3-4-8-9/h6-7,9H,2-5H2,1H3/t6-/m1/s1. The van der Waals surface area contributed by atoms with Crippen molar-refractivity contribution in [3.8, 4) is 0 Å². The van der Waals surface area contributed by atoms with E-state index in [4.69, 9.17) is 5.11 Å². The van der Waals surface area contributed by atoms with Crippen LogP contribution in [0.4, 0.5) is 0 Å². The van der Waals surface area contributed by atoms with Crippen molar-refractivity contribution in [1.29, 1.82) is 0 Å². The molecule has 0 aromatic heterocycles. The Kier molecular flexibility index (Phi) is 6.58. The highest BCUT2D eigenvalue weighted by molar-refractivity contribution is 7.75. The molecule has 0 saturated carbocycles. The number of thiol groups is 1. The van der Waals surface area contributed by atoms with Crippen molar-refractivity contribution >= 4 is 12.9 Å². The van der Waals surface area contributed by atoms with E-state index in [1.165, 1.54) is 0 Å². The number of aliphatic hydroxyl groups excluding tert-OH is 1. The molecule has 0 aliphatic carbocycles. The lowest BCUT2D eigenvalue weighted by molar-refractivity contribution is 0.196. The van der Waals surface area contributed by atoms with Crippen molar-refractivity contribution in [3.63, 3.8) is 0 Å². The van der Waals surface area contributed by atoms with Gasteiger partial charge in [-0.1, -0.05) is 13.3 Å². The molecule has 0 radical (unpaired) electrons. The third-order valence-corrected chi connectivity index (χ3v) is 1.64. The quantitative estimate of drug-likeness (QED) is 0.456. The molecule has 9 heavy (non-hydrogen) atoms. The molecule has 2 nitrogen and oxygen atoms in total. The summed E-state index contributed by atoms with van der Waals surface area (Å²) >= 11 is 3.59. The molecule has 0 aromatic carbocycles. The number of rotatable bonds is 5. The molecule has 0 fully saturated rings. The van der Waals surface area contributed by atoms with Crippen LogP contribution >= 0.6 is 12.9 Å². The van der Waals surface area contributed by atoms with Crippen molar-refractivity contribution < 1.29 is 9.29 Å². The van der Waals surface area contributed by atoms with Gasteiger partial charge >= 0.3 is 0 Å². The molecule has 1 N–H and O–H groups in total. The largest absolute Gasteiger partial charge is 0.396 e. The monoisotopic (exact) mass is 150 g/mol. The molecule has 0 saturated heterocycles. The van der Waals surface area contributed by atoms with Crippen LogP contribution in [0.1, 0.15) is 19.8 Å². The van der Waals surface area contributed by atoms with Crippen molar-refractivity contribution in [1.82, 2.24) is 0 Å². The Morgan fingerprint density at radius 3 is 2.67 bits per heavy atom. The summed E-state index contributed by atoms with van der Waals surface area (Å²) in [5.41, 5.74) is 0. The van der Waals surface area contributed by atoms with E-state index in [9.17, 15) is 0 Å². The minimum atomic E-state index is 0.258. The van der Waals surface area contributed by atoms with Crippen molar-refractivity contribution in [3.05, 3.63) is 0 Å². The van der Waals surface area contributed by atoms with Gasteiger partial charge in [0.25, 0.3) is 0 Å². The van der Waals surface area contributed by atoms with Gasteiger partial charge in [-0.2, -0.15) is 0 Å². The van der Waals surface area contributed by atoms with Crippen LogP contribution in [0.3, 0.4) is 0 Å². The molecule has 0 aliphatic rings. The second kappa shape index (κ2) is 6.39. The lowest BCUT2D eigenvalue weighted by Gasteiger charge is -2.08. The summed E-state index contributed by atoms with van der Waals surface area (Å²) in [6.07, 6.45) is 1.91. The smallest absolute Gasteiger partial charge is 0.0614 e. The van der Waals surface area contributed by atoms with E-state index < -0.39 is 0 Å². The zero-order chi connectivity index (χ0) is 7.11. The molecule has 1 atom stereocenters. The summed E-state index contributed by atoms with van der Waals surface area (Å²) < 4.78 is 4.56. The molecule has 0 heterocycles. The van der Waals surface area contributed by atoms with Crippen molar-refractivity contribution in [2.45, 2.75) is 19.8 Å². The first-order valence-corrected chi connectivity index (χ1v) is 3.58. The molecule has 56 valence electrons. The normalized spacial score (nSPS) is 13.7. The molecule has 0 rings (SSSR count). The fourth-order valence-corrected chi connectivity index (χ4v) is 0.749. The summed E-state index contributed by atoms with van der Waals surface area (Å²) in [7, 11) is 0. The third kappa shape index (κ3) is 4.75. The molecule has 0 unspecified atom stereocenters. The first-order chi connectivity index (χ1) is 4.35. The summed E-state index contributed by atoms with van der Waals surface area (Å²) in [4.78, 5) is 0. The lowest BCUT2D eigenvalue weighted by Crippen LogP contribution is -2.06. The second-order valence-electron chi connectivity index (χ2n) is 2.08. The average Bonchev–Trinajstić information content (AvgIpc) is 1.91. The molecular weight excluding hydrogens is 136 g/mol. The maximum atomic E-state index is 8.67. The highest BCUT2D eigenvalue weighted by Gasteiger charge is 2.02. The highest BCUT2D eigenvalue weighted by Crippen LogP contribution is 2.06. The van der Waals surface area contributed by atoms with Crippen LogP contribution in [-0.2, 0) is 4.18 Å². The molecule has 0 aromatic rings. The van der Waals surface area contributed by atoms with Crippen LogP contribution in [0.25, 0.3) is 0 Å². The van der Waals surface area contributed by atoms with E-state index >= 15 is 0 Å². The van der Waals surface area contributed by atoms with Gasteiger partial charge in [0, 0.05) is 6.61 Å². The number of aliphatic hydroxyl groups is 1. The Hall–Kier alpha value is 0.270. The minimum Gasteiger partial charge on any atom is -0.396 e. The number of hydrogen-bond acceptors (Lipinski definition) is 3. The maximum Gasteiger partial charge on any atom is 0.0614 e. The van der Waals surface area contributed by atoms with E-state index in [1.807, 2.05) is 0 Å². The first kappa shape index (κ1) is 9.27. The second-order valence-corrected chi connectivity index (χ2v) is 2.34. The van der Waals surface area contributed by atoms with Gasteiger partial charge in [0.2, 0.25) is 0 Å². The van der Waals surface area contributed by atoms with Crippen LogP contribution < -0.4 is 0 Å². The van der Waals surface area contributed by atoms with Gasteiger partial charge in [-0.25, -0.2) is 0 Å². The fourth-order valence-electron chi connectivity index (χ4n) is 0.644. The Morgan fingerprint density at radius 2 is 2.33 bits per heavy atom. The van der Waals surface area contributed by atoms with Crippen molar-refractivity contribution in [2.24, 2.45) is 5.92 Å². The van der Waals surface area contributed by atoms with E-state index in [-0.39, 0.29) is 6.61 Å². The van der Waals surface area contributed by atoms with E-state index in [0.717, 1.165) is 12.8 Å². The third-order valence-electron chi connectivity index (χ3n) is 1.45. The SMILES string of the molecule is CC[C@@H](CO)CCOS. The Bertz CT molecular complexity index is 55.0. The van der Waals surface area contributed by atoms with E-state index in [2.05, 4.69) is 24.0 Å². The van der Waals surface area contributed by atoms with Crippen LogP contribution in [0.2, 0.25) is 0 Å². The van der Waals surface area contributed by atoms with Gasteiger partial charge in [0.15, 0.2) is 0 Å². The summed E-state index contributed by atoms with van der Waals surface area (Å²) in [5.74, 6) is 0.386. The van der Waals surface area contributed by atoms with Gasteiger partial charge < -0.3 is 9.29 Å². The Balaban J connectivity index is 3.09. The van der Waals surface area contributed by atoms with Gasteiger partial charge in [-0.3, -0.25) is 0 Å². The van der Waals surface area contributed by atoms with Crippen LogP contribution in [0.15, 0.2) is 0 Å².